The van der Waals surface area contributed by atoms with Gasteiger partial charge in [0.25, 0.3) is 0 Å². The van der Waals surface area contributed by atoms with Gasteiger partial charge in [-0.1, -0.05) is 0 Å². The van der Waals surface area contributed by atoms with Crippen LogP contribution in [0.25, 0.3) is 0 Å². The van der Waals surface area contributed by atoms with Gasteiger partial charge in [0, 0.05) is 33.4 Å². The van der Waals surface area contributed by atoms with E-state index in [1.54, 1.807) is 13.3 Å². The van der Waals surface area contributed by atoms with Crippen molar-refractivity contribution in [1.29, 1.82) is 0 Å². The standard InChI is InChI=1S/C16H28N4O3/c1-16(2,3)23-15(21)19-10-7-9-17-13-12(20(4)5)8-11-18-14(13)22-6/h8,11,17H,7,9-10H2,1-6H3,(H,19,21). The predicted molar refractivity (Wildman–Crippen MR) is 92.5 cm³/mol. The van der Waals surface area contributed by atoms with Crippen molar-refractivity contribution in [3.63, 3.8) is 0 Å². The average molecular weight is 324 g/mol. The van der Waals surface area contributed by atoms with Crippen LogP contribution in [0.3, 0.4) is 0 Å². The molecule has 0 saturated carbocycles. The second-order valence-corrected chi connectivity index (χ2v) is 6.32. The van der Waals surface area contributed by atoms with Crippen molar-refractivity contribution in [2.24, 2.45) is 0 Å². The van der Waals surface area contributed by atoms with Crippen molar-refractivity contribution in [2.75, 3.05) is 44.5 Å². The molecule has 0 spiro atoms. The molecule has 1 heterocycles. The van der Waals surface area contributed by atoms with Gasteiger partial charge in [0.2, 0.25) is 5.88 Å². The number of amides is 1. The number of nitrogens with one attached hydrogen (secondary N) is 2. The Morgan fingerprint density at radius 3 is 2.57 bits per heavy atom. The first kappa shape index (κ1) is 18.9. The van der Waals surface area contributed by atoms with Crippen molar-refractivity contribution in [3.05, 3.63) is 12.3 Å². The monoisotopic (exact) mass is 324 g/mol. The molecule has 0 aliphatic rings. The van der Waals surface area contributed by atoms with Crippen molar-refractivity contribution < 1.29 is 14.3 Å². The maximum Gasteiger partial charge on any atom is 0.407 e. The smallest absolute Gasteiger partial charge is 0.407 e. The number of aromatic nitrogens is 1. The highest BCUT2D eigenvalue weighted by atomic mass is 16.6. The summed E-state index contributed by atoms with van der Waals surface area (Å²) in [5.74, 6) is 0.552. The van der Waals surface area contributed by atoms with Gasteiger partial charge in [-0.25, -0.2) is 9.78 Å². The normalized spacial score (nSPS) is 10.9. The van der Waals surface area contributed by atoms with Gasteiger partial charge in [-0.2, -0.15) is 0 Å². The van der Waals surface area contributed by atoms with Crippen LogP contribution in [0.2, 0.25) is 0 Å². The van der Waals surface area contributed by atoms with Crippen LogP contribution in [0.4, 0.5) is 16.2 Å². The molecule has 0 fully saturated rings. The molecule has 7 heteroatoms. The third-order valence-electron chi connectivity index (χ3n) is 2.89. The molecule has 1 aromatic heterocycles. The molecule has 23 heavy (non-hydrogen) atoms. The number of hydrogen-bond donors (Lipinski definition) is 2. The lowest BCUT2D eigenvalue weighted by molar-refractivity contribution is 0.0528. The van der Waals surface area contributed by atoms with Crippen LogP contribution in [0.1, 0.15) is 27.2 Å². The summed E-state index contributed by atoms with van der Waals surface area (Å²) in [7, 11) is 5.52. The number of rotatable bonds is 7. The van der Waals surface area contributed by atoms with E-state index in [-0.39, 0.29) is 0 Å². The molecule has 1 amide bonds. The van der Waals surface area contributed by atoms with Gasteiger partial charge in [-0.05, 0) is 33.3 Å². The van der Waals surface area contributed by atoms with Gasteiger partial charge < -0.3 is 25.0 Å². The maximum absolute atomic E-state index is 11.5. The fraction of sp³-hybridized carbons (Fsp3) is 0.625. The summed E-state index contributed by atoms with van der Waals surface area (Å²) < 4.78 is 10.5. The van der Waals surface area contributed by atoms with Crippen molar-refractivity contribution in [2.45, 2.75) is 32.8 Å². The van der Waals surface area contributed by atoms with Crippen LogP contribution in [0.15, 0.2) is 12.3 Å². The first-order valence-corrected chi connectivity index (χ1v) is 7.65. The summed E-state index contributed by atoms with van der Waals surface area (Å²) in [5.41, 5.74) is 1.36. The third-order valence-corrected chi connectivity index (χ3v) is 2.89. The van der Waals surface area contributed by atoms with E-state index in [4.69, 9.17) is 9.47 Å². The van der Waals surface area contributed by atoms with Gasteiger partial charge >= 0.3 is 6.09 Å². The van der Waals surface area contributed by atoms with E-state index < -0.39 is 11.7 Å². The third kappa shape index (κ3) is 6.63. The van der Waals surface area contributed by atoms with Crippen LogP contribution in [0.5, 0.6) is 5.88 Å². The van der Waals surface area contributed by atoms with E-state index in [1.807, 2.05) is 45.8 Å². The predicted octanol–water partition coefficient (Wildman–Crippen LogP) is 2.48. The van der Waals surface area contributed by atoms with Crippen LogP contribution >= 0.6 is 0 Å². The largest absolute Gasteiger partial charge is 0.479 e. The highest BCUT2D eigenvalue weighted by molar-refractivity contribution is 5.74. The number of methoxy groups -OCH3 is 1. The Balaban J connectivity index is 2.46. The molecule has 0 aliphatic heterocycles. The van der Waals surface area contributed by atoms with Gasteiger partial charge in [0.15, 0.2) is 0 Å². The number of anilines is 2. The van der Waals surface area contributed by atoms with Gasteiger partial charge in [0.1, 0.15) is 11.3 Å². The number of nitrogens with zero attached hydrogens (tertiary/aromatic N) is 2. The summed E-state index contributed by atoms with van der Waals surface area (Å²) in [6, 6.07) is 1.92. The van der Waals surface area contributed by atoms with Crippen LogP contribution < -0.4 is 20.3 Å². The molecule has 0 saturated heterocycles. The number of pyridine rings is 1. The lowest BCUT2D eigenvalue weighted by Crippen LogP contribution is -2.33. The van der Waals surface area contributed by atoms with Crippen LogP contribution in [-0.4, -0.2) is 51.0 Å². The Morgan fingerprint density at radius 2 is 2.00 bits per heavy atom. The lowest BCUT2D eigenvalue weighted by atomic mass is 10.2. The zero-order chi connectivity index (χ0) is 17.5. The molecule has 0 radical (unpaired) electrons. The zero-order valence-corrected chi connectivity index (χ0v) is 14.9. The quantitative estimate of drug-likeness (QED) is 0.751. The second kappa shape index (κ2) is 8.45. The minimum Gasteiger partial charge on any atom is -0.479 e. The molecule has 7 nitrogen and oxygen atoms in total. The van der Waals surface area contributed by atoms with E-state index in [9.17, 15) is 4.79 Å². The van der Waals surface area contributed by atoms with Gasteiger partial charge in [0.05, 0.1) is 12.8 Å². The Kier molecular flexibility index (Phi) is 6.93. The number of alkyl carbamates (subject to hydrolysis) is 1. The molecule has 0 bridgehead atoms. The van der Waals surface area contributed by atoms with E-state index in [0.29, 0.717) is 19.0 Å². The highest BCUT2D eigenvalue weighted by Gasteiger charge is 2.15. The summed E-state index contributed by atoms with van der Waals surface area (Å²) >= 11 is 0. The minimum absolute atomic E-state index is 0.398. The van der Waals surface area contributed by atoms with E-state index in [0.717, 1.165) is 17.8 Å². The second-order valence-electron chi connectivity index (χ2n) is 6.32. The summed E-state index contributed by atoms with van der Waals surface area (Å²) in [4.78, 5) is 17.7. The Morgan fingerprint density at radius 1 is 1.30 bits per heavy atom. The van der Waals surface area contributed by atoms with Crippen molar-refractivity contribution in [3.8, 4) is 5.88 Å². The first-order valence-electron chi connectivity index (χ1n) is 7.65. The van der Waals surface area contributed by atoms with E-state index >= 15 is 0 Å². The van der Waals surface area contributed by atoms with Gasteiger partial charge in [-0.15, -0.1) is 0 Å². The molecule has 0 atom stereocenters. The molecule has 0 aromatic carbocycles. The molecule has 2 N–H and O–H groups in total. The summed E-state index contributed by atoms with van der Waals surface area (Å²) in [6.07, 6.45) is 2.07. The fourth-order valence-corrected chi connectivity index (χ4v) is 1.93. The lowest BCUT2D eigenvalue weighted by Gasteiger charge is -2.21. The number of hydrogen-bond acceptors (Lipinski definition) is 6. The Hall–Kier alpha value is -2.18. The molecule has 1 aromatic rings. The maximum atomic E-state index is 11.5. The van der Waals surface area contributed by atoms with Crippen molar-refractivity contribution in [1.82, 2.24) is 10.3 Å². The zero-order valence-electron chi connectivity index (χ0n) is 14.9. The number of ether oxygens (including phenoxy) is 2. The van der Waals surface area contributed by atoms with E-state index in [1.165, 1.54) is 0 Å². The first-order chi connectivity index (χ1) is 10.7. The van der Waals surface area contributed by atoms with Gasteiger partial charge in [-0.3, -0.25) is 0 Å². The topological polar surface area (TPSA) is 75.7 Å². The van der Waals surface area contributed by atoms with Crippen molar-refractivity contribution >= 4 is 17.5 Å². The molecule has 130 valence electrons. The molecule has 0 aliphatic carbocycles. The molecule has 0 unspecified atom stereocenters. The Labute approximate surface area is 138 Å². The molecular formula is C16H28N4O3. The van der Waals surface area contributed by atoms with Crippen LogP contribution in [0, 0.1) is 0 Å². The summed E-state index contributed by atoms with van der Waals surface area (Å²) in [6.45, 7) is 6.73. The fourth-order valence-electron chi connectivity index (χ4n) is 1.93. The minimum atomic E-state index is -0.480. The number of carbonyl (C=O) groups excluding carboxylic acids is 1. The average Bonchev–Trinajstić information content (AvgIpc) is 2.44. The van der Waals surface area contributed by atoms with E-state index in [2.05, 4.69) is 15.6 Å². The number of carbonyl (C=O) groups is 1. The Bertz CT molecular complexity index is 513. The summed E-state index contributed by atoms with van der Waals surface area (Å²) in [5, 5.41) is 6.05. The SMILES string of the molecule is COc1nccc(N(C)C)c1NCCCNC(=O)OC(C)(C)C. The highest BCUT2D eigenvalue weighted by Crippen LogP contribution is 2.31. The molecule has 1 rings (SSSR count). The molecular weight excluding hydrogens is 296 g/mol. The van der Waals surface area contributed by atoms with Crippen LogP contribution in [-0.2, 0) is 4.74 Å².